The van der Waals surface area contributed by atoms with Crippen LogP contribution in [0, 0.1) is 0 Å². The number of esters is 1. The second kappa shape index (κ2) is 7.34. The van der Waals surface area contributed by atoms with Gasteiger partial charge in [0.1, 0.15) is 0 Å². The molecule has 1 amide bonds. The summed E-state index contributed by atoms with van der Waals surface area (Å²) < 4.78 is 5.25. The largest absolute Gasteiger partial charge is 0.451 e. The summed E-state index contributed by atoms with van der Waals surface area (Å²) in [6, 6.07) is 6.91. The van der Waals surface area contributed by atoms with E-state index in [1.165, 1.54) is 0 Å². The third-order valence-corrected chi connectivity index (χ3v) is 4.97. The van der Waals surface area contributed by atoms with Crippen LogP contribution >= 0.6 is 0 Å². The molecule has 0 saturated heterocycles. The molecule has 2 aromatic rings. The van der Waals surface area contributed by atoms with Crippen LogP contribution in [-0.2, 0) is 9.53 Å². The van der Waals surface area contributed by atoms with E-state index in [1.54, 1.807) is 24.3 Å². The topological polar surface area (TPSA) is 92.4 Å². The van der Waals surface area contributed by atoms with Crippen molar-refractivity contribution in [2.45, 2.75) is 44.6 Å². The number of hydrogen-bond acceptors (Lipinski definition) is 5. The molecule has 1 fully saturated rings. The zero-order chi connectivity index (χ0) is 18.8. The molecule has 1 saturated carbocycles. The molecule has 7 heteroatoms. The number of carbonyl (C=O) groups is 2. The fourth-order valence-electron chi connectivity index (χ4n) is 3.51. The van der Waals surface area contributed by atoms with E-state index in [0.717, 1.165) is 44.2 Å². The Kier molecular flexibility index (Phi) is 4.75. The first-order valence-electron chi connectivity index (χ1n) is 9.31. The van der Waals surface area contributed by atoms with Gasteiger partial charge in [0.05, 0.1) is 5.39 Å². The highest BCUT2D eigenvalue weighted by molar-refractivity contribution is 6.02. The van der Waals surface area contributed by atoms with Gasteiger partial charge in [0, 0.05) is 17.1 Å². The average molecular weight is 367 g/mol. The second-order valence-electron chi connectivity index (χ2n) is 6.96. The fraction of sp³-hybridized carbons (Fsp3) is 0.400. The van der Waals surface area contributed by atoms with Crippen molar-refractivity contribution in [2.75, 3.05) is 6.61 Å². The number of aromatic nitrogens is 2. The molecule has 1 aromatic heterocycles. The number of nitrogens with zero attached hydrogens (tertiary/aromatic N) is 2. The number of benzene rings is 1. The highest BCUT2D eigenvalue weighted by Crippen LogP contribution is 2.33. The maximum absolute atomic E-state index is 12.7. The van der Waals surface area contributed by atoms with Gasteiger partial charge < -0.3 is 9.64 Å². The lowest BCUT2D eigenvalue weighted by Crippen LogP contribution is -2.36. The minimum Gasteiger partial charge on any atom is -0.451 e. The maximum atomic E-state index is 12.7. The molecule has 0 aliphatic heterocycles. The monoisotopic (exact) mass is 367 g/mol. The van der Waals surface area contributed by atoms with Crippen LogP contribution in [0.1, 0.15) is 49.0 Å². The number of fused-ring (bicyclic) bond motifs is 1. The van der Waals surface area contributed by atoms with Crippen molar-refractivity contribution >= 4 is 22.6 Å². The third kappa shape index (κ3) is 3.63. The molecule has 7 nitrogen and oxygen atoms in total. The number of allylic oxidation sites excluding steroid dienone is 2. The Balaban J connectivity index is 1.49. The number of H-pyrrole nitrogens is 1. The van der Waals surface area contributed by atoms with Crippen molar-refractivity contribution in [1.29, 1.82) is 0 Å². The van der Waals surface area contributed by atoms with Crippen LogP contribution < -0.4 is 5.56 Å². The van der Waals surface area contributed by atoms with Crippen LogP contribution in [0.5, 0.6) is 0 Å². The van der Waals surface area contributed by atoms with Crippen molar-refractivity contribution in [3.63, 3.8) is 0 Å². The van der Waals surface area contributed by atoms with Gasteiger partial charge in [-0.25, -0.2) is 9.89 Å². The number of ether oxygens (including phenoxy) is 1. The standard InChI is InChI=1S/C20H21N3O4/c24-17(23(14-10-11-14)13-6-2-1-3-7-13)12-27-20(26)18-15-8-4-5-9-16(15)19(25)22-21-18/h4-6,8-9,14H,1-3,7,10-12H2,(H,22,25). The molecule has 1 N–H and O–H groups in total. The van der Waals surface area contributed by atoms with E-state index >= 15 is 0 Å². The average Bonchev–Trinajstić information content (AvgIpc) is 3.53. The molecule has 2 aliphatic carbocycles. The molecule has 0 radical (unpaired) electrons. The van der Waals surface area contributed by atoms with Crippen LogP contribution in [0.25, 0.3) is 10.8 Å². The molecule has 0 bridgehead atoms. The van der Waals surface area contributed by atoms with E-state index in [0.29, 0.717) is 10.8 Å². The number of nitrogens with one attached hydrogen (secondary N) is 1. The molecule has 2 aliphatic rings. The predicted octanol–water partition coefficient (Wildman–Crippen LogP) is 2.53. The molecule has 0 atom stereocenters. The van der Waals surface area contributed by atoms with Crippen LogP contribution in [0.4, 0.5) is 0 Å². The van der Waals surface area contributed by atoms with Gasteiger partial charge in [-0.3, -0.25) is 9.59 Å². The van der Waals surface area contributed by atoms with Crippen molar-refractivity contribution in [3.05, 3.63) is 52.1 Å². The molecule has 1 aromatic carbocycles. The summed E-state index contributed by atoms with van der Waals surface area (Å²) in [4.78, 5) is 38.8. The number of aromatic amines is 1. The lowest BCUT2D eigenvalue weighted by Gasteiger charge is -2.27. The fourth-order valence-corrected chi connectivity index (χ4v) is 3.51. The summed E-state index contributed by atoms with van der Waals surface area (Å²) >= 11 is 0. The second-order valence-corrected chi connectivity index (χ2v) is 6.96. The van der Waals surface area contributed by atoms with Gasteiger partial charge >= 0.3 is 5.97 Å². The van der Waals surface area contributed by atoms with E-state index in [2.05, 4.69) is 16.3 Å². The van der Waals surface area contributed by atoms with Gasteiger partial charge in [0.15, 0.2) is 12.3 Å². The Morgan fingerprint density at radius 1 is 1.19 bits per heavy atom. The first-order chi connectivity index (χ1) is 13.1. The minimum absolute atomic E-state index is 0.00727. The summed E-state index contributed by atoms with van der Waals surface area (Å²) in [6.45, 7) is -0.332. The lowest BCUT2D eigenvalue weighted by atomic mass is 10.0. The number of amides is 1. The van der Waals surface area contributed by atoms with E-state index in [4.69, 9.17) is 4.74 Å². The highest BCUT2D eigenvalue weighted by atomic mass is 16.5. The number of hydrogen-bond donors (Lipinski definition) is 1. The molecular weight excluding hydrogens is 346 g/mol. The summed E-state index contributed by atoms with van der Waals surface area (Å²) in [5.41, 5.74) is 0.688. The highest BCUT2D eigenvalue weighted by Gasteiger charge is 2.35. The van der Waals surface area contributed by atoms with Crippen LogP contribution in [0.3, 0.4) is 0 Å². The van der Waals surface area contributed by atoms with Crippen LogP contribution in [0.2, 0.25) is 0 Å². The zero-order valence-corrected chi connectivity index (χ0v) is 14.9. The Hall–Kier alpha value is -2.96. The predicted molar refractivity (Wildman–Crippen MR) is 99.1 cm³/mol. The smallest absolute Gasteiger partial charge is 0.359 e. The summed E-state index contributed by atoms with van der Waals surface area (Å²) in [5.74, 6) is -0.920. The van der Waals surface area contributed by atoms with Gasteiger partial charge in [0.2, 0.25) is 0 Å². The van der Waals surface area contributed by atoms with Gasteiger partial charge in [0.25, 0.3) is 11.5 Å². The Bertz CT molecular complexity index is 975. The van der Waals surface area contributed by atoms with Crippen LogP contribution in [-0.4, -0.2) is 39.6 Å². The Morgan fingerprint density at radius 2 is 1.96 bits per heavy atom. The third-order valence-electron chi connectivity index (χ3n) is 4.97. The van der Waals surface area contributed by atoms with Gasteiger partial charge in [-0.15, -0.1) is 0 Å². The maximum Gasteiger partial charge on any atom is 0.359 e. The van der Waals surface area contributed by atoms with Crippen molar-refractivity contribution in [2.24, 2.45) is 0 Å². The summed E-state index contributed by atoms with van der Waals surface area (Å²) in [6.07, 6.45) is 8.21. The molecule has 27 heavy (non-hydrogen) atoms. The Morgan fingerprint density at radius 3 is 2.67 bits per heavy atom. The van der Waals surface area contributed by atoms with Crippen molar-refractivity contribution < 1.29 is 14.3 Å². The van der Waals surface area contributed by atoms with Gasteiger partial charge in [-0.05, 0) is 44.6 Å². The minimum atomic E-state index is -0.718. The Labute approximate surface area is 156 Å². The van der Waals surface area contributed by atoms with E-state index in [-0.39, 0.29) is 29.8 Å². The quantitative estimate of drug-likeness (QED) is 0.820. The van der Waals surface area contributed by atoms with E-state index in [9.17, 15) is 14.4 Å². The number of rotatable bonds is 5. The lowest BCUT2D eigenvalue weighted by molar-refractivity contribution is -0.133. The molecule has 0 unspecified atom stereocenters. The summed E-state index contributed by atoms with van der Waals surface area (Å²) in [7, 11) is 0. The van der Waals surface area contributed by atoms with Crippen molar-refractivity contribution in [3.8, 4) is 0 Å². The van der Waals surface area contributed by atoms with E-state index < -0.39 is 5.97 Å². The SMILES string of the molecule is O=C(OCC(=O)N(C1=CCCCC1)C1CC1)c1n[nH]c(=O)c2ccccc12. The zero-order valence-electron chi connectivity index (χ0n) is 14.9. The molecular formula is C20H21N3O4. The van der Waals surface area contributed by atoms with Gasteiger partial charge in [-0.2, -0.15) is 5.10 Å². The van der Waals surface area contributed by atoms with E-state index in [1.807, 2.05) is 4.90 Å². The first-order valence-corrected chi connectivity index (χ1v) is 9.31. The molecule has 1 heterocycles. The molecule has 0 spiro atoms. The molecule has 4 rings (SSSR count). The van der Waals surface area contributed by atoms with Crippen LogP contribution in [0.15, 0.2) is 40.8 Å². The number of carbonyl (C=O) groups excluding carboxylic acids is 2. The normalized spacial score (nSPS) is 16.7. The van der Waals surface area contributed by atoms with Crippen molar-refractivity contribution in [1.82, 2.24) is 15.1 Å². The molecule has 140 valence electrons. The first kappa shape index (κ1) is 17.5. The van der Waals surface area contributed by atoms with Gasteiger partial charge in [-0.1, -0.05) is 24.3 Å². The summed E-state index contributed by atoms with van der Waals surface area (Å²) in [5, 5.41) is 6.89.